The highest BCUT2D eigenvalue weighted by Gasteiger charge is 2.23. The molecule has 3 rings (SSSR count). The Hall–Kier alpha value is -1.13. The summed E-state index contributed by atoms with van der Waals surface area (Å²) in [4.78, 5) is 4.48. The Labute approximate surface area is 114 Å². The zero-order chi connectivity index (χ0) is 13.2. The van der Waals surface area contributed by atoms with Crippen molar-refractivity contribution in [2.24, 2.45) is 0 Å². The molecule has 1 saturated heterocycles. The topological polar surface area (TPSA) is 18.5 Å². The van der Waals surface area contributed by atoms with Crippen molar-refractivity contribution in [2.45, 2.75) is 25.4 Å². The molecule has 1 aromatic rings. The van der Waals surface area contributed by atoms with E-state index in [0.29, 0.717) is 6.04 Å². The smallest absolute Gasteiger partial charge is 0.146 e. The number of halogens is 1. The lowest BCUT2D eigenvalue weighted by Crippen LogP contribution is -2.45. The Balaban J connectivity index is 1.77. The van der Waals surface area contributed by atoms with Crippen LogP contribution in [0.2, 0.25) is 0 Å². The molecule has 0 atom stereocenters. The van der Waals surface area contributed by atoms with Gasteiger partial charge >= 0.3 is 0 Å². The fourth-order valence-corrected chi connectivity index (χ4v) is 2.63. The quantitative estimate of drug-likeness (QED) is 0.894. The van der Waals surface area contributed by atoms with E-state index < -0.39 is 0 Å². The Morgan fingerprint density at radius 2 is 1.95 bits per heavy atom. The van der Waals surface area contributed by atoms with Crippen molar-refractivity contribution >= 4 is 5.69 Å². The van der Waals surface area contributed by atoms with E-state index in [1.54, 1.807) is 6.07 Å². The van der Waals surface area contributed by atoms with Crippen LogP contribution in [0.15, 0.2) is 18.2 Å². The minimum atomic E-state index is -0.0837. The highest BCUT2D eigenvalue weighted by Crippen LogP contribution is 2.27. The lowest BCUT2D eigenvalue weighted by Gasteiger charge is -2.35. The molecule has 1 aliphatic carbocycles. The summed E-state index contributed by atoms with van der Waals surface area (Å²) in [5.41, 5.74) is 1.90. The van der Waals surface area contributed by atoms with Crippen molar-refractivity contribution in [1.82, 2.24) is 10.2 Å². The van der Waals surface area contributed by atoms with Gasteiger partial charge in [-0.3, -0.25) is 0 Å². The van der Waals surface area contributed by atoms with Crippen LogP contribution >= 0.6 is 0 Å². The Bertz CT molecular complexity index is 437. The number of likely N-dealkylation sites (N-methyl/N-ethyl adjacent to an activating group) is 1. The van der Waals surface area contributed by atoms with Gasteiger partial charge < -0.3 is 15.1 Å². The second-order valence-electron chi connectivity index (χ2n) is 5.69. The zero-order valence-electron chi connectivity index (χ0n) is 11.5. The first-order valence-corrected chi connectivity index (χ1v) is 7.18. The van der Waals surface area contributed by atoms with Gasteiger partial charge in [0.1, 0.15) is 5.82 Å². The van der Waals surface area contributed by atoms with Gasteiger partial charge in [-0.15, -0.1) is 0 Å². The third kappa shape index (κ3) is 3.07. The molecule has 1 saturated carbocycles. The van der Waals surface area contributed by atoms with Crippen LogP contribution < -0.4 is 10.2 Å². The number of hydrogen-bond donors (Lipinski definition) is 1. The summed E-state index contributed by atoms with van der Waals surface area (Å²) in [6, 6.07) is 6.10. The van der Waals surface area contributed by atoms with Gasteiger partial charge in [0.15, 0.2) is 0 Å². The van der Waals surface area contributed by atoms with Gasteiger partial charge in [-0.1, -0.05) is 12.1 Å². The van der Waals surface area contributed by atoms with Crippen molar-refractivity contribution in [2.75, 3.05) is 38.1 Å². The fourth-order valence-electron chi connectivity index (χ4n) is 2.63. The van der Waals surface area contributed by atoms with E-state index >= 15 is 0 Å². The van der Waals surface area contributed by atoms with E-state index in [9.17, 15) is 4.39 Å². The Morgan fingerprint density at radius 1 is 1.21 bits per heavy atom. The van der Waals surface area contributed by atoms with Crippen LogP contribution in [0.5, 0.6) is 0 Å². The summed E-state index contributed by atoms with van der Waals surface area (Å²) in [5.74, 6) is -0.0837. The van der Waals surface area contributed by atoms with E-state index in [1.807, 2.05) is 12.1 Å². The first kappa shape index (κ1) is 12.9. The number of piperazine rings is 1. The van der Waals surface area contributed by atoms with Crippen molar-refractivity contribution in [3.8, 4) is 0 Å². The SMILES string of the molecule is CN1CCN(c2c(F)cccc2CNC2CC2)CC1. The standard InChI is InChI=1S/C15H22FN3/c1-18-7-9-19(10-8-18)15-12(3-2-4-14(15)16)11-17-13-5-6-13/h2-4,13,17H,5-11H2,1H3. The van der Waals surface area contributed by atoms with Gasteiger partial charge in [-0.05, 0) is 31.5 Å². The largest absolute Gasteiger partial charge is 0.366 e. The lowest BCUT2D eigenvalue weighted by molar-refractivity contribution is 0.311. The van der Waals surface area contributed by atoms with E-state index in [4.69, 9.17) is 0 Å². The molecule has 0 bridgehead atoms. The molecule has 0 aromatic heterocycles. The molecule has 1 N–H and O–H groups in total. The summed E-state index contributed by atoms with van der Waals surface area (Å²) in [6.07, 6.45) is 2.53. The van der Waals surface area contributed by atoms with Crippen molar-refractivity contribution < 1.29 is 4.39 Å². The molecule has 2 aliphatic rings. The van der Waals surface area contributed by atoms with Crippen molar-refractivity contribution in [3.05, 3.63) is 29.6 Å². The molecular weight excluding hydrogens is 241 g/mol. The molecular formula is C15H22FN3. The highest BCUT2D eigenvalue weighted by atomic mass is 19.1. The molecule has 3 nitrogen and oxygen atoms in total. The first-order valence-electron chi connectivity index (χ1n) is 7.18. The second-order valence-corrected chi connectivity index (χ2v) is 5.69. The number of nitrogens with one attached hydrogen (secondary N) is 1. The van der Waals surface area contributed by atoms with Gasteiger partial charge in [-0.2, -0.15) is 0 Å². The van der Waals surface area contributed by atoms with Crippen LogP contribution in [-0.4, -0.2) is 44.2 Å². The normalized spacial score (nSPS) is 20.8. The van der Waals surface area contributed by atoms with Crippen LogP contribution in [0.3, 0.4) is 0 Å². The summed E-state index contributed by atoms with van der Waals surface area (Å²) < 4.78 is 14.2. The lowest BCUT2D eigenvalue weighted by atomic mass is 10.1. The molecule has 0 unspecified atom stereocenters. The molecule has 0 spiro atoms. The number of anilines is 1. The molecule has 1 aromatic carbocycles. The number of benzene rings is 1. The Kier molecular flexibility index (Phi) is 3.71. The van der Waals surface area contributed by atoms with Gasteiger partial charge in [0.25, 0.3) is 0 Å². The predicted molar refractivity (Wildman–Crippen MR) is 76.0 cm³/mol. The summed E-state index contributed by atoms with van der Waals surface area (Å²) in [5, 5.41) is 3.48. The number of para-hydroxylation sites is 1. The summed E-state index contributed by atoms with van der Waals surface area (Å²) in [6.45, 7) is 4.61. The number of nitrogens with zero attached hydrogens (tertiary/aromatic N) is 2. The molecule has 4 heteroatoms. The third-order valence-corrected chi connectivity index (χ3v) is 4.05. The highest BCUT2D eigenvalue weighted by molar-refractivity contribution is 5.55. The average molecular weight is 263 g/mol. The van der Waals surface area contributed by atoms with Gasteiger partial charge in [0, 0.05) is 38.8 Å². The molecule has 104 valence electrons. The van der Waals surface area contributed by atoms with Crippen LogP contribution in [0.4, 0.5) is 10.1 Å². The molecule has 19 heavy (non-hydrogen) atoms. The van der Waals surface area contributed by atoms with E-state index in [0.717, 1.165) is 44.0 Å². The van der Waals surface area contributed by atoms with E-state index in [2.05, 4.69) is 22.2 Å². The van der Waals surface area contributed by atoms with E-state index in [-0.39, 0.29) is 5.82 Å². The molecule has 2 fully saturated rings. The maximum atomic E-state index is 14.2. The number of rotatable bonds is 4. The minimum absolute atomic E-state index is 0.0837. The zero-order valence-corrected chi connectivity index (χ0v) is 11.5. The average Bonchev–Trinajstić information content (AvgIpc) is 3.22. The van der Waals surface area contributed by atoms with Crippen molar-refractivity contribution in [3.63, 3.8) is 0 Å². The first-order chi connectivity index (χ1) is 9.24. The fraction of sp³-hybridized carbons (Fsp3) is 0.600. The van der Waals surface area contributed by atoms with E-state index in [1.165, 1.54) is 12.8 Å². The monoisotopic (exact) mass is 263 g/mol. The maximum Gasteiger partial charge on any atom is 0.146 e. The molecule has 0 amide bonds. The second kappa shape index (κ2) is 5.47. The van der Waals surface area contributed by atoms with Gasteiger partial charge in [0.05, 0.1) is 5.69 Å². The van der Waals surface area contributed by atoms with Crippen LogP contribution in [0.1, 0.15) is 18.4 Å². The minimum Gasteiger partial charge on any atom is -0.366 e. The van der Waals surface area contributed by atoms with Crippen LogP contribution in [-0.2, 0) is 6.54 Å². The maximum absolute atomic E-state index is 14.2. The molecule has 1 aliphatic heterocycles. The van der Waals surface area contributed by atoms with Crippen LogP contribution in [0.25, 0.3) is 0 Å². The van der Waals surface area contributed by atoms with Gasteiger partial charge in [-0.25, -0.2) is 4.39 Å². The third-order valence-electron chi connectivity index (χ3n) is 4.05. The van der Waals surface area contributed by atoms with Gasteiger partial charge in [0.2, 0.25) is 0 Å². The van der Waals surface area contributed by atoms with Crippen molar-refractivity contribution in [1.29, 1.82) is 0 Å². The predicted octanol–water partition coefficient (Wildman–Crippen LogP) is 1.83. The Morgan fingerprint density at radius 3 is 2.63 bits per heavy atom. The summed E-state index contributed by atoms with van der Waals surface area (Å²) in [7, 11) is 2.12. The van der Waals surface area contributed by atoms with Crippen LogP contribution in [0, 0.1) is 5.82 Å². The molecule has 1 heterocycles. The number of hydrogen-bond acceptors (Lipinski definition) is 3. The summed E-state index contributed by atoms with van der Waals surface area (Å²) >= 11 is 0. The molecule has 0 radical (unpaired) electrons.